The van der Waals surface area contributed by atoms with Gasteiger partial charge in [0.2, 0.25) is 0 Å². The first-order chi connectivity index (χ1) is 7.33. The molecule has 0 saturated heterocycles. The zero-order valence-electron chi connectivity index (χ0n) is 9.49. The number of rotatable bonds is 7. The van der Waals surface area contributed by atoms with Crippen LogP contribution in [0.1, 0.15) is 25.3 Å². The molecule has 0 radical (unpaired) electrons. The number of nitrogens with two attached hydrogens (primary N) is 1. The summed E-state index contributed by atoms with van der Waals surface area (Å²) in [6.07, 6.45) is 3.45. The lowest BCUT2D eigenvalue weighted by molar-refractivity contribution is 0.674. The van der Waals surface area contributed by atoms with Gasteiger partial charge in [0.25, 0.3) is 0 Å². The van der Waals surface area contributed by atoms with E-state index in [0.717, 1.165) is 18.6 Å². The van der Waals surface area contributed by atoms with Crippen molar-refractivity contribution in [3.63, 3.8) is 0 Å². The quantitative estimate of drug-likeness (QED) is 0.719. The molecule has 15 heavy (non-hydrogen) atoms. The first-order valence-corrected chi connectivity index (χ1v) is 6.85. The van der Waals surface area contributed by atoms with Gasteiger partial charge in [-0.1, -0.05) is 37.3 Å². The predicted octanol–water partition coefficient (Wildman–Crippen LogP) is 3.09. The zero-order chi connectivity index (χ0) is 10.9. The molecule has 0 aliphatic carbocycles. The number of hydrogen-bond acceptors (Lipinski definition) is 2. The predicted molar refractivity (Wildman–Crippen MR) is 70.4 cm³/mol. The van der Waals surface area contributed by atoms with Gasteiger partial charge in [-0.2, -0.15) is 11.8 Å². The summed E-state index contributed by atoms with van der Waals surface area (Å²) < 4.78 is 0. The van der Waals surface area contributed by atoms with Gasteiger partial charge in [0.1, 0.15) is 0 Å². The lowest BCUT2D eigenvalue weighted by Gasteiger charge is -2.10. The number of aryl methyl sites for hydroxylation is 1. The van der Waals surface area contributed by atoms with Gasteiger partial charge in [-0.05, 0) is 30.6 Å². The summed E-state index contributed by atoms with van der Waals surface area (Å²) in [4.78, 5) is 0. The van der Waals surface area contributed by atoms with Crippen LogP contribution in [0.15, 0.2) is 30.3 Å². The number of benzene rings is 1. The van der Waals surface area contributed by atoms with Gasteiger partial charge in [0.15, 0.2) is 0 Å². The summed E-state index contributed by atoms with van der Waals surface area (Å²) in [5.41, 5.74) is 7.44. The van der Waals surface area contributed by atoms with Crippen molar-refractivity contribution in [2.24, 2.45) is 5.73 Å². The minimum Gasteiger partial charge on any atom is -0.327 e. The molecule has 1 nitrogen and oxygen atoms in total. The molecule has 0 aromatic heterocycles. The van der Waals surface area contributed by atoms with E-state index in [-0.39, 0.29) is 0 Å². The van der Waals surface area contributed by atoms with Crippen molar-refractivity contribution in [1.82, 2.24) is 0 Å². The summed E-state index contributed by atoms with van der Waals surface area (Å²) in [5, 5.41) is 0. The standard InChI is InChI=1S/C13H21NS/c1-2-10-15-11-13(14)9-8-12-6-4-3-5-7-12/h3-7,13H,2,8-11,14H2,1H3. The van der Waals surface area contributed by atoms with E-state index in [1.165, 1.54) is 17.7 Å². The fraction of sp³-hybridized carbons (Fsp3) is 0.538. The molecule has 0 saturated carbocycles. The first kappa shape index (κ1) is 12.6. The average molecular weight is 223 g/mol. The molecule has 1 aromatic rings. The molecule has 0 bridgehead atoms. The highest BCUT2D eigenvalue weighted by Crippen LogP contribution is 2.09. The highest BCUT2D eigenvalue weighted by Gasteiger charge is 2.02. The monoisotopic (exact) mass is 223 g/mol. The molecule has 2 N–H and O–H groups in total. The SMILES string of the molecule is CCCSCC(N)CCc1ccccc1. The molecule has 1 unspecified atom stereocenters. The Bertz CT molecular complexity index is 248. The van der Waals surface area contributed by atoms with Gasteiger partial charge in [-0.3, -0.25) is 0 Å². The van der Waals surface area contributed by atoms with Crippen LogP contribution in [0.2, 0.25) is 0 Å². The molecule has 2 heteroatoms. The lowest BCUT2D eigenvalue weighted by atomic mass is 10.1. The lowest BCUT2D eigenvalue weighted by Crippen LogP contribution is -2.23. The molecule has 0 fully saturated rings. The smallest absolute Gasteiger partial charge is 0.0133 e. The van der Waals surface area contributed by atoms with Gasteiger partial charge in [-0.25, -0.2) is 0 Å². The van der Waals surface area contributed by atoms with Gasteiger partial charge in [0.05, 0.1) is 0 Å². The van der Waals surface area contributed by atoms with Crippen LogP contribution in [0.4, 0.5) is 0 Å². The zero-order valence-corrected chi connectivity index (χ0v) is 10.3. The van der Waals surface area contributed by atoms with Crippen molar-refractivity contribution in [1.29, 1.82) is 0 Å². The molecule has 0 aliphatic heterocycles. The summed E-state index contributed by atoms with van der Waals surface area (Å²) >= 11 is 1.97. The van der Waals surface area contributed by atoms with Crippen LogP contribution in [0.5, 0.6) is 0 Å². The van der Waals surface area contributed by atoms with E-state index in [1.54, 1.807) is 0 Å². The second-order valence-corrected chi connectivity index (χ2v) is 5.01. The van der Waals surface area contributed by atoms with E-state index in [2.05, 4.69) is 37.3 Å². The Morgan fingerprint density at radius 1 is 1.27 bits per heavy atom. The average Bonchev–Trinajstić information content (AvgIpc) is 2.28. The third-order valence-corrected chi connectivity index (χ3v) is 3.69. The Kier molecular flexibility index (Phi) is 6.53. The largest absolute Gasteiger partial charge is 0.327 e. The van der Waals surface area contributed by atoms with Crippen molar-refractivity contribution in [3.05, 3.63) is 35.9 Å². The summed E-state index contributed by atoms with van der Waals surface area (Å²) in [7, 11) is 0. The molecule has 0 aliphatic rings. The van der Waals surface area contributed by atoms with Gasteiger partial charge in [-0.15, -0.1) is 0 Å². The van der Waals surface area contributed by atoms with Crippen LogP contribution >= 0.6 is 11.8 Å². The second kappa shape index (κ2) is 7.77. The number of hydrogen-bond donors (Lipinski definition) is 1. The highest BCUT2D eigenvalue weighted by atomic mass is 32.2. The van der Waals surface area contributed by atoms with E-state index in [4.69, 9.17) is 5.73 Å². The van der Waals surface area contributed by atoms with E-state index >= 15 is 0 Å². The molecular weight excluding hydrogens is 202 g/mol. The molecule has 0 amide bonds. The van der Waals surface area contributed by atoms with Crippen LogP contribution < -0.4 is 5.73 Å². The maximum absolute atomic E-state index is 6.04. The van der Waals surface area contributed by atoms with Crippen molar-refractivity contribution < 1.29 is 0 Å². The Hall–Kier alpha value is -0.470. The molecule has 84 valence electrons. The van der Waals surface area contributed by atoms with Crippen molar-refractivity contribution >= 4 is 11.8 Å². The molecule has 1 atom stereocenters. The van der Waals surface area contributed by atoms with Crippen LogP contribution in [0, 0.1) is 0 Å². The van der Waals surface area contributed by atoms with Crippen LogP contribution in [-0.2, 0) is 6.42 Å². The van der Waals surface area contributed by atoms with Crippen molar-refractivity contribution in [2.75, 3.05) is 11.5 Å². The molecule has 0 spiro atoms. The van der Waals surface area contributed by atoms with Crippen LogP contribution in [0.3, 0.4) is 0 Å². The second-order valence-electron chi connectivity index (χ2n) is 3.86. The van der Waals surface area contributed by atoms with E-state index in [9.17, 15) is 0 Å². The molecule has 1 aromatic carbocycles. The Balaban J connectivity index is 2.14. The van der Waals surface area contributed by atoms with Gasteiger partial charge >= 0.3 is 0 Å². The van der Waals surface area contributed by atoms with E-state index in [0.29, 0.717) is 6.04 Å². The minimum absolute atomic E-state index is 0.349. The first-order valence-electron chi connectivity index (χ1n) is 5.70. The number of thioether (sulfide) groups is 1. The maximum atomic E-state index is 6.04. The Morgan fingerprint density at radius 3 is 2.67 bits per heavy atom. The van der Waals surface area contributed by atoms with E-state index in [1.807, 2.05) is 11.8 Å². The normalized spacial score (nSPS) is 12.7. The topological polar surface area (TPSA) is 26.0 Å². The molecule has 1 rings (SSSR count). The van der Waals surface area contributed by atoms with Crippen molar-refractivity contribution in [2.45, 2.75) is 32.2 Å². The fourth-order valence-corrected chi connectivity index (χ4v) is 2.38. The van der Waals surface area contributed by atoms with Crippen LogP contribution in [0.25, 0.3) is 0 Å². The van der Waals surface area contributed by atoms with Crippen molar-refractivity contribution in [3.8, 4) is 0 Å². The van der Waals surface area contributed by atoms with Gasteiger partial charge < -0.3 is 5.73 Å². The maximum Gasteiger partial charge on any atom is 0.0133 e. The van der Waals surface area contributed by atoms with E-state index < -0.39 is 0 Å². The molecule has 0 heterocycles. The summed E-state index contributed by atoms with van der Waals surface area (Å²) in [5.74, 6) is 2.33. The van der Waals surface area contributed by atoms with Crippen LogP contribution in [-0.4, -0.2) is 17.5 Å². The highest BCUT2D eigenvalue weighted by molar-refractivity contribution is 7.99. The third kappa shape index (κ3) is 5.85. The minimum atomic E-state index is 0.349. The molecular formula is C13H21NS. The van der Waals surface area contributed by atoms with Gasteiger partial charge in [0, 0.05) is 11.8 Å². The Labute approximate surface area is 97.4 Å². The summed E-state index contributed by atoms with van der Waals surface area (Å²) in [6, 6.07) is 10.9. The summed E-state index contributed by atoms with van der Waals surface area (Å²) in [6.45, 7) is 2.21. The Morgan fingerprint density at radius 2 is 2.00 bits per heavy atom. The fourth-order valence-electron chi connectivity index (χ4n) is 1.46. The third-order valence-electron chi connectivity index (χ3n) is 2.33.